The molecule has 5 nitrogen and oxygen atoms in total. The number of benzene rings is 3. The SMILES string of the molecule is CCC(O)COc1c2ccccc2c(OCC(O)CC)c2cc(OC)ccc12. The zero-order valence-electron chi connectivity index (χ0n) is 16.6. The summed E-state index contributed by atoms with van der Waals surface area (Å²) >= 11 is 0. The van der Waals surface area contributed by atoms with E-state index in [1.807, 2.05) is 56.3 Å². The summed E-state index contributed by atoms with van der Waals surface area (Å²) in [6, 6.07) is 13.6. The van der Waals surface area contributed by atoms with Crippen LogP contribution in [-0.4, -0.2) is 42.7 Å². The molecule has 0 aliphatic heterocycles. The highest BCUT2D eigenvalue weighted by molar-refractivity contribution is 6.11. The second kappa shape index (κ2) is 9.13. The van der Waals surface area contributed by atoms with Crippen molar-refractivity contribution in [2.24, 2.45) is 0 Å². The number of hydrogen-bond donors (Lipinski definition) is 2. The average Bonchev–Trinajstić information content (AvgIpc) is 2.74. The lowest BCUT2D eigenvalue weighted by Gasteiger charge is -2.20. The van der Waals surface area contributed by atoms with Gasteiger partial charge in [0.2, 0.25) is 0 Å². The van der Waals surface area contributed by atoms with Crippen molar-refractivity contribution < 1.29 is 24.4 Å². The zero-order valence-corrected chi connectivity index (χ0v) is 16.6. The molecule has 2 atom stereocenters. The van der Waals surface area contributed by atoms with Crippen LogP contribution >= 0.6 is 0 Å². The summed E-state index contributed by atoms with van der Waals surface area (Å²) in [6.07, 6.45) is 0.187. The molecule has 3 aromatic rings. The van der Waals surface area contributed by atoms with Crippen molar-refractivity contribution in [3.8, 4) is 17.2 Å². The number of ether oxygens (including phenoxy) is 3. The molecule has 5 heteroatoms. The first-order chi connectivity index (χ1) is 13.6. The fraction of sp³-hybridized carbons (Fsp3) is 0.391. The lowest BCUT2D eigenvalue weighted by Crippen LogP contribution is -2.17. The second-order valence-corrected chi connectivity index (χ2v) is 6.86. The van der Waals surface area contributed by atoms with Gasteiger partial charge < -0.3 is 24.4 Å². The topological polar surface area (TPSA) is 68.2 Å². The van der Waals surface area contributed by atoms with Gasteiger partial charge in [-0.2, -0.15) is 0 Å². The lowest BCUT2D eigenvalue weighted by atomic mass is 10.00. The van der Waals surface area contributed by atoms with Gasteiger partial charge in [0.1, 0.15) is 30.5 Å². The minimum absolute atomic E-state index is 0.210. The van der Waals surface area contributed by atoms with Gasteiger partial charge in [0.15, 0.2) is 0 Å². The molecule has 3 rings (SSSR count). The quantitative estimate of drug-likeness (QED) is 0.538. The van der Waals surface area contributed by atoms with Crippen molar-refractivity contribution in [2.75, 3.05) is 20.3 Å². The third-order valence-electron chi connectivity index (χ3n) is 4.91. The molecule has 3 aromatic carbocycles. The van der Waals surface area contributed by atoms with Crippen LogP contribution in [0.25, 0.3) is 21.5 Å². The maximum absolute atomic E-state index is 9.99. The predicted molar refractivity (Wildman–Crippen MR) is 112 cm³/mol. The van der Waals surface area contributed by atoms with Crippen LogP contribution in [0.3, 0.4) is 0 Å². The highest BCUT2D eigenvalue weighted by Crippen LogP contribution is 2.44. The molecule has 0 bridgehead atoms. The van der Waals surface area contributed by atoms with Crippen LogP contribution in [0.1, 0.15) is 26.7 Å². The Morgan fingerprint density at radius 1 is 0.750 bits per heavy atom. The van der Waals surface area contributed by atoms with E-state index in [1.54, 1.807) is 7.11 Å². The van der Waals surface area contributed by atoms with E-state index in [-0.39, 0.29) is 13.2 Å². The van der Waals surface area contributed by atoms with Crippen molar-refractivity contribution in [1.29, 1.82) is 0 Å². The Morgan fingerprint density at radius 3 is 1.75 bits per heavy atom. The van der Waals surface area contributed by atoms with Gasteiger partial charge >= 0.3 is 0 Å². The maximum Gasteiger partial charge on any atom is 0.135 e. The largest absolute Gasteiger partial charge is 0.497 e. The van der Waals surface area contributed by atoms with Gasteiger partial charge in [0.25, 0.3) is 0 Å². The van der Waals surface area contributed by atoms with Crippen LogP contribution < -0.4 is 14.2 Å². The van der Waals surface area contributed by atoms with Gasteiger partial charge in [0, 0.05) is 21.5 Å². The molecule has 0 radical (unpaired) electrons. The van der Waals surface area contributed by atoms with E-state index in [4.69, 9.17) is 14.2 Å². The fourth-order valence-corrected chi connectivity index (χ4v) is 3.11. The Kier molecular flexibility index (Phi) is 6.60. The maximum atomic E-state index is 9.99. The van der Waals surface area contributed by atoms with Crippen molar-refractivity contribution in [1.82, 2.24) is 0 Å². The molecular formula is C23H28O5. The predicted octanol–water partition coefficient (Wildman–Crippen LogP) is 4.30. The summed E-state index contributed by atoms with van der Waals surface area (Å²) in [5, 5.41) is 23.5. The van der Waals surface area contributed by atoms with Gasteiger partial charge in [-0.25, -0.2) is 0 Å². The van der Waals surface area contributed by atoms with Crippen molar-refractivity contribution >= 4 is 21.5 Å². The van der Waals surface area contributed by atoms with Gasteiger partial charge in [-0.15, -0.1) is 0 Å². The van der Waals surface area contributed by atoms with Gasteiger partial charge in [0.05, 0.1) is 19.3 Å². The van der Waals surface area contributed by atoms with Crippen molar-refractivity contribution in [2.45, 2.75) is 38.9 Å². The lowest BCUT2D eigenvalue weighted by molar-refractivity contribution is 0.105. The number of methoxy groups -OCH3 is 1. The average molecular weight is 384 g/mol. The Bertz CT molecular complexity index is 937. The summed E-state index contributed by atoms with van der Waals surface area (Å²) in [6.45, 7) is 4.27. The molecule has 0 fully saturated rings. The van der Waals surface area contributed by atoms with E-state index in [1.165, 1.54) is 0 Å². The first-order valence-electron chi connectivity index (χ1n) is 9.73. The van der Waals surface area contributed by atoms with Crippen LogP contribution in [0, 0.1) is 0 Å². The molecule has 0 aromatic heterocycles. The van der Waals surface area contributed by atoms with E-state index >= 15 is 0 Å². The molecule has 0 heterocycles. The molecule has 0 aliphatic rings. The normalized spacial score (nSPS) is 13.5. The van der Waals surface area contributed by atoms with E-state index < -0.39 is 12.2 Å². The molecule has 0 aliphatic carbocycles. The molecule has 2 unspecified atom stereocenters. The van der Waals surface area contributed by atoms with E-state index in [9.17, 15) is 10.2 Å². The third kappa shape index (κ3) is 4.16. The van der Waals surface area contributed by atoms with E-state index in [0.29, 0.717) is 30.1 Å². The zero-order chi connectivity index (χ0) is 20.1. The standard InChI is InChI=1S/C23H28O5/c1-4-15(24)13-27-22-18-8-6-7-9-19(18)23(28-14-16(25)5-2)21-12-17(26-3)10-11-20(21)22/h6-12,15-16,24-25H,4-5,13-14H2,1-3H3. The van der Waals surface area contributed by atoms with Crippen molar-refractivity contribution in [3.63, 3.8) is 0 Å². The minimum atomic E-state index is -0.532. The molecule has 0 spiro atoms. The summed E-state index contributed by atoms with van der Waals surface area (Å²) in [5.74, 6) is 2.12. The second-order valence-electron chi connectivity index (χ2n) is 6.86. The first kappa shape index (κ1) is 20.2. The molecule has 150 valence electrons. The van der Waals surface area contributed by atoms with Crippen LogP contribution in [0.15, 0.2) is 42.5 Å². The van der Waals surface area contributed by atoms with Crippen molar-refractivity contribution in [3.05, 3.63) is 42.5 Å². The first-order valence-corrected chi connectivity index (χ1v) is 9.73. The highest BCUT2D eigenvalue weighted by atomic mass is 16.5. The number of rotatable bonds is 9. The van der Waals surface area contributed by atoms with Crippen LogP contribution in [-0.2, 0) is 0 Å². The molecule has 28 heavy (non-hydrogen) atoms. The van der Waals surface area contributed by atoms with Crippen LogP contribution in [0.4, 0.5) is 0 Å². The number of aliphatic hydroxyl groups excluding tert-OH is 2. The molecule has 2 N–H and O–H groups in total. The van der Waals surface area contributed by atoms with Crippen LogP contribution in [0.2, 0.25) is 0 Å². The minimum Gasteiger partial charge on any atom is -0.497 e. The third-order valence-corrected chi connectivity index (χ3v) is 4.91. The number of aliphatic hydroxyl groups is 2. The van der Waals surface area contributed by atoms with Gasteiger partial charge in [-0.1, -0.05) is 38.1 Å². The van der Waals surface area contributed by atoms with Gasteiger partial charge in [-0.3, -0.25) is 0 Å². The van der Waals surface area contributed by atoms with E-state index in [2.05, 4.69) is 0 Å². The summed E-state index contributed by atoms with van der Waals surface area (Å²) < 4.78 is 17.5. The molecule has 0 saturated heterocycles. The highest BCUT2D eigenvalue weighted by Gasteiger charge is 2.18. The number of hydrogen-bond acceptors (Lipinski definition) is 5. The van der Waals surface area contributed by atoms with Crippen LogP contribution in [0.5, 0.6) is 17.2 Å². The Balaban J connectivity index is 2.21. The fourth-order valence-electron chi connectivity index (χ4n) is 3.11. The molecule has 0 amide bonds. The summed E-state index contributed by atoms with van der Waals surface area (Å²) in [7, 11) is 1.62. The molecular weight excluding hydrogens is 356 g/mol. The summed E-state index contributed by atoms with van der Waals surface area (Å²) in [4.78, 5) is 0. The smallest absolute Gasteiger partial charge is 0.135 e. The Hall–Kier alpha value is -2.50. The van der Waals surface area contributed by atoms with E-state index in [0.717, 1.165) is 21.5 Å². The summed E-state index contributed by atoms with van der Waals surface area (Å²) in [5.41, 5.74) is 0. The Morgan fingerprint density at radius 2 is 1.25 bits per heavy atom. The molecule has 0 saturated carbocycles. The Labute approximate surface area is 165 Å². The number of fused-ring (bicyclic) bond motifs is 2. The monoisotopic (exact) mass is 384 g/mol. The van der Waals surface area contributed by atoms with Gasteiger partial charge in [-0.05, 0) is 31.0 Å².